The lowest BCUT2D eigenvalue weighted by molar-refractivity contribution is 0.424. The van der Waals surface area contributed by atoms with Gasteiger partial charge in [-0.15, -0.1) is 10.2 Å². The van der Waals surface area contributed by atoms with Crippen LogP contribution < -0.4 is 10.2 Å². The Morgan fingerprint density at radius 2 is 2.00 bits per heavy atom. The minimum Gasteiger partial charge on any atom is -0.353 e. The van der Waals surface area contributed by atoms with Crippen molar-refractivity contribution in [1.82, 2.24) is 20.5 Å². The Morgan fingerprint density at radius 3 is 2.52 bits per heavy atom. The first-order chi connectivity index (χ1) is 9.83. The van der Waals surface area contributed by atoms with Crippen LogP contribution in [0.4, 0.5) is 5.13 Å². The molecule has 5 nitrogen and oxygen atoms in total. The summed E-state index contributed by atoms with van der Waals surface area (Å²) in [7, 11) is 3.93. The molecule has 7 heteroatoms. The Morgan fingerprint density at radius 1 is 1.24 bits per heavy atom. The molecule has 21 heavy (non-hydrogen) atoms. The molecule has 0 aromatic carbocycles. The lowest BCUT2D eigenvalue weighted by Gasteiger charge is -2.20. The summed E-state index contributed by atoms with van der Waals surface area (Å²) in [5.41, 5.74) is 1.29. The molecule has 0 saturated heterocycles. The van der Waals surface area contributed by atoms with Gasteiger partial charge in [-0.2, -0.15) is 0 Å². The van der Waals surface area contributed by atoms with Gasteiger partial charge in [0.1, 0.15) is 5.03 Å². The van der Waals surface area contributed by atoms with E-state index in [1.807, 2.05) is 31.3 Å². The second kappa shape index (κ2) is 6.72. The van der Waals surface area contributed by atoms with Crippen LogP contribution >= 0.6 is 23.1 Å². The molecule has 0 atom stereocenters. The van der Waals surface area contributed by atoms with E-state index in [9.17, 15) is 0 Å². The van der Waals surface area contributed by atoms with E-state index < -0.39 is 0 Å². The van der Waals surface area contributed by atoms with Gasteiger partial charge in [0.15, 0.2) is 4.34 Å². The number of anilines is 1. The number of rotatable bonds is 5. The number of hydrogen-bond acceptors (Lipinski definition) is 7. The van der Waals surface area contributed by atoms with Crippen LogP contribution in [0.1, 0.15) is 26.3 Å². The average molecular weight is 323 g/mol. The van der Waals surface area contributed by atoms with Gasteiger partial charge in [-0.25, -0.2) is 4.98 Å². The smallest absolute Gasteiger partial charge is 0.208 e. The Balaban J connectivity index is 1.95. The van der Waals surface area contributed by atoms with E-state index in [2.05, 4.69) is 47.3 Å². The van der Waals surface area contributed by atoms with E-state index in [-0.39, 0.29) is 5.54 Å². The van der Waals surface area contributed by atoms with Crippen molar-refractivity contribution in [1.29, 1.82) is 0 Å². The molecule has 0 unspecified atom stereocenters. The lowest BCUT2D eigenvalue weighted by Crippen LogP contribution is -2.35. The topological polar surface area (TPSA) is 53.9 Å². The van der Waals surface area contributed by atoms with Gasteiger partial charge in [-0.1, -0.05) is 17.4 Å². The van der Waals surface area contributed by atoms with Crippen molar-refractivity contribution < 1.29 is 0 Å². The molecule has 1 N–H and O–H groups in total. The molecule has 0 aliphatic heterocycles. The van der Waals surface area contributed by atoms with E-state index in [0.717, 1.165) is 21.0 Å². The van der Waals surface area contributed by atoms with Gasteiger partial charge in [-0.3, -0.25) is 0 Å². The van der Waals surface area contributed by atoms with Crippen LogP contribution in [0.2, 0.25) is 0 Å². The second-order valence-corrected chi connectivity index (χ2v) is 8.18. The van der Waals surface area contributed by atoms with Crippen molar-refractivity contribution in [3.63, 3.8) is 0 Å². The summed E-state index contributed by atoms with van der Waals surface area (Å²) in [5, 5.41) is 13.6. The number of nitrogens with zero attached hydrogens (tertiary/aromatic N) is 4. The van der Waals surface area contributed by atoms with Gasteiger partial charge in [0.05, 0.1) is 0 Å². The van der Waals surface area contributed by atoms with Crippen molar-refractivity contribution in [2.45, 2.75) is 42.2 Å². The molecular formula is C14H21N5S2. The molecule has 2 rings (SSSR count). The highest BCUT2D eigenvalue weighted by Gasteiger charge is 2.10. The zero-order valence-electron chi connectivity index (χ0n) is 13.0. The molecule has 2 aromatic rings. The second-order valence-electron chi connectivity index (χ2n) is 5.96. The number of pyridine rings is 1. The van der Waals surface area contributed by atoms with Gasteiger partial charge in [0.25, 0.3) is 0 Å². The highest BCUT2D eigenvalue weighted by molar-refractivity contribution is 8.01. The number of nitrogens with one attached hydrogen (secondary N) is 1. The fourth-order valence-corrected chi connectivity index (χ4v) is 3.11. The van der Waals surface area contributed by atoms with E-state index in [0.29, 0.717) is 0 Å². The molecule has 114 valence electrons. The van der Waals surface area contributed by atoms with Gasteiger partial charge >= 0.3 is 0 Å². The molecule has 0 amide bonds. The van der Waals surface area contributed by atoms with Crippen LogP contribution in [0, 0.1) is 0 Å². The fraction of sp³-hybridized carbons (Fsp3) is 0.500. The average Bonchev–Trinajstić information content (AvgIpc) is 2.86. The Bertz CT molecular complexity index is 572. The predicted octanol–water partition coefficient (Wildman–Crippen LogP) is 3.04. The van der Waals surface area contributed by atoms with Gasteiger partial charge in [0, 0.05) is 32.4 Å². The van der Waals surface area contributed by atoms with Gasteiger partial charge in [-0.05, 0) is 44.2 Å². The molecule has 0 aliphatic carbocycles. The van der Waals surface area contributed by atoms with Gasteiger partial charge < -0.3 is 10.2 Å². The predicted molar refractivity (Wildman–Crippen MR) is 89.2 cm³/mol. The normalized spacial score (nSPS) is 11.7. The SMILES string of the molecule is CN(C)c1nnc(Sc2ccc(CNC(C)(C)C)cn2)s1. The summed E-state index contributed by atoms with van der Waals surface area (Å²) >= 11 is 3.11. The summed E-state index contributed by atoms with van der Waals surface area (Å²) in [6.07, 6.45) is 1.91. The van der Waals surface area contributed by atoms with Gasteiger partial charge in [0.2, 0.25) is 5.13 Å². The van der Waals surface area contributed by atoms with Crippen LogP contribution in [0.15, 0.2) is 27.7 Å². The molecule has 2 heterocycles. The summed E-state index contributed by atoms with van der Waals surface area (Å²) in [6, 6.07) is 4.13. The zero-order chi connectivity index (χ0) is 15.5. The first kappa shape index (κ1) is 16.2. The summed E-state index contributed by atoms with van der Waals surface area (Å²) in [5.74, 6) is 0. The monoisotopic (exact) mass is 323 g/mol. The van der Waals surface area contributed by atoms with Crippen LogP contribution in [0.3, 0.4) is 0 Å². The summed E-state index contributed by atoms with van der Waals surface area (Å²) < 4.78 is 0.909. The largest absolute Gasteiger partial charge is 0.353 e. The maximum Gasteiger partial charge on any atom is 0.208 e. The fourth-order valence-electron chi connectivity index (χ4n) is 1.46. The van der Waals surface area contributed by atoms with Crippen LogP contribution in [0.25, 0.3) is 0 Å². The maximum absolute atomic E-state index is 4.48. The summed E-state index contributed by atoms with van der Waals surface area (Å²) in [6.45, 7) is 7.29. The number of aromatic nitrogens is 3. The third kappa shape index (κ3) is 5.26. The molecule has 0 spiro atoms. The van der Waals surface area contributed by atoms with Crippen LogP contribution in [0.5, 0.6) is 0 Å². The Hall–Kier alpha value is -1.18. The quantitative estimate of drug-likeness (QED) is 0.913. The highest BCUT2D eigenvalue weighted by atomic mass is 32.2. The first-order valence-corrected chi connectivity index (χ1v) is 8.35. The molecule has 0 radical (unpaired) electrons. The van der Waals surface area contributed by atoms with Crippen LogP contribution in [-0.2, 0) is 6.54 Å². The molecule has 2 aromatic heterocycles. The molecular weight excluding hydrogens is 302 g/mol. The van der Waals surface area contributed by atoms with Crippen molar-refractivity contribution in [2.75, 3.05) is 19.0 Å². The minimum absolute atomic E-state index is 0.114. The van der Waals surface area contributed by atoms with E-state index >= 15 is 0 Å². The highest BCUT2D eigenvalue weighted by Crippen LogP contribution is 2.31. The molecule has 0 saturated carbocycles. The Labute approximate surface area is 134 Å². The van der Waals surface area contributed by atoms with E-state index in [1.165, 1.54) is 5.56 Å². The van der Waals surface area contributed by atoms with E-state index in [1.54, 1.807) is 23.1 Å². The van der Waals surface area contributed by atoms with Crippen LogP contribution in [-0.4, -0.2) is 34.8 Å². The van der Waals surface area contributed by atoms with Crippen molar-refractivity contribution in [3.05, 3.63) is 23.9 Å². The molecule has 0 bridgehead atoms. The Kier molecular flexibility index (Phi) is 5.18. The summed E-state index contributed by atoms with van der Waals surface area (Å²) in [4.78, 5) is 6.43. The first-order valence-electron chi connectivity index (χ1n) is 6.72. The van der Waals surface area contributed by atoms with E-state index in [4.69, 9.17) is 0 Å². The van der Waals surface area contributed by atoms with Crippen molar-refractivity contribution in [3.8, 4) is 0 Å². The third-order valence-corrected chi connectivity index (χ3v) is 4.68. The minimum atomic E-state index is 0.114. The zero-order valence-corrected chi connectivity index (χ0v) is 14.7. The maximum atomic E-state index is 4.48. The molecule has 0 fully saturated rings. The van der Waals surface area contributed by atoms with Crippen molar-refractivity contribution >= 4 is 28.2 Å². The molecule has 0 aliphatic rings. The standard InChI is InChI=1S/C14H21N5S2/c1-14(2,3)16-9-10-6-7-11(15-8-10)20-13-18-17-12(21-13)19(4)5/h6-8,16H,9H2,1-5H3. The third-order valence-electron chi connectivity index (χ3n) is 2.59. The van der Waals surface area contributed by atoms with Crippen molar-refractivity contribution in [2.24, 2.45) is 0 Å². The lowest BCUT2D eigenvalue weighted by atomic mass is 10.1. The number of hydrogen-bond donors (Lipinski definition) is 1.